The van der Waals surface area contributed by atoms with Crippen molar-refractivity contribution in [2.75, 3.05) is 25.5 Å². The predicted octanol–water partition coefficient (Wildman–Crippen LogP) is 4.74. The van der Waals surface area contributed by atoms with Crippen molar-refractivity contribution < 1.29 is 9.59 Å². The molecule has 1 fully saturated rings. The minimum atomic E-state index is -0.161. The van der Waals surface area contributed by atoms with Crippen molar-refractivity contribution >= 4 is 28.4 Å². The zero-order valence-corrected chi connectivity index (χ0v) is 17.3. The maximum atomic E-state index is 13.1. The summed E-state index contributed by atoms with van der Waals surface area (Å²) in [6.07, 6.45) is 1.65. The van der Waals surface area contributed by atoms with Crippen LogP contribution in [0, 0.1) is 5.92 Å². The third-order valence-electron chi connectivity index (χ3n) is 5.69. The lowest BCUT2D eigenvalue weighted by Crippen LogP contribution is -2.47. The largest absolute Gasteiger partial charge is 0.341 e. The van der Waals surface area contributed by atoms with Crippen molar-refractivity contribution in [2.45, 2.75) is 19.4 Å². The highest BCUT2D eigenvalue weighted by Crippen LogP contribution is 2.22. The van der Waals surface area contributed by atoms with Crippen molar-refractivity contribution in [3.8, 4) is 0 Å². The van der Waals surface area contributed by atoms with Crippen LogP contribution in [0.25, 0.3) is 10.8 Å². The van der Waals surface area contributed by atoms with E-state index in [1.807, 2.05) is 49.5 Å². The fourth-order valence-electron chi connectivity index (χ4n) is 4.09. The van der Waals surface area contributed by atoms with Gasteiger partial charge in [-0.25, -0.2) is 4.79 Å². The monoisotopic (exact) mass is 401 g/mol. The number of fused-ring (bicyclic) bond motifs is 1. The maximum Gasteiger partial charge on any atom is 0.321 e. The van der Waals surface area contributed by atoms with E-state index in [1.54, 1.807) is 9.80 Å². The summed E-state index contributed by atoms with van der Waals surface area (Å²) in [7, 11) is 1.85. The first-order valence-corrected chi connectivity index (χ1v) is 10.4. The summed E-state index contributed by atoms with van der Waals surface area (Å²) in [5, 5.41) is 5.29. The summed E-state index contributed by atoms with van der Waals surface area (Å²) >= 11 is 0. The summed E-state index contributed by atoms with van der Waals surface area (Å²) in [5.74, 6) is -0.0638. The standard InChI is InChI=1S/C25H27N3O2/c1-27(17-19-13-14-20-8-5-6-9-21(20)16-19)24(29)22-10-7-15-28(18-22)25(30)26-23-11-3-2-4-12-23/h2-6,8-9,11-14,16,22H,7,10,15,17-18H2,1H3,(H,26,30). The molecule has 1 unspecified atom stereocenters. The van der Waals surface area contributed by atoms with Crippen molar-refractivity contribution in [3.05, 3.63) is 78.4 Å². The average molecular weight is 402 g/mol. The lowest BCUT2D eigenvalue weighted by atomic mass is 9.96. The Morgan fingerprint density at radius 2 is 1.73 bits per heavy atom. The number of rotatable bonds is 4. The lowest BCUT2D eigenvalue weighted by Gasteiger charge is -2.34. The van der Waals surface area contributed by atoms with E-state index < -0.39 is 0 Å². The molecule has 1 N–H and O–H groups in total. The topological polar surface area (TPSA) is 52.7 Å². The van der Waals surface area contributed by atoms with Crippen molar-refractivity contribution in [2.24, 2.45) is 5.92 Å². The molecule has 3 amide bonds. The van der Waals surface area contributed by atoms with Crippen LogP contribution in [0.3, 0.4) is 0 Å². The van der Waals surface area contributed by atoms with E-state index in [9.17, 15) is 9.59 Å². The van der Waals surface area contributed by atoms with E-state index in [1.165, 1.54) is 10.8 Å². The van der Waals surface area contributed by atoms with E-state index in [-0.39, 0.29) is 17.9 Å². The molecule has 3 aromatic rings. The van der Waals surface area contributed by atoms with Crippen molar-refractivity contribution in [3.63, 3.8) is 0 Å². The SMILES string of the molecule is CN(Cc1ccc2ccccc2c1)C(=O)C1CCCN(C(=O)Nc2ccccc2)C1. The number of nitrogens with zero attached hydrogens (tertiary/aromatic N) is 2. The number of likely N-dealkylation sites (tertiary alicyclic amines) is 1. The molecular formula is C25H27N3O2. The number of amides is 3. The number of piperidine rings is 1. The molecule has 154 valence electrons. The van der Waals surface area contributed by atoms with Crippen LogP contribution in [0.1, 0.15) is 18.4 Å². The van der Waals surface area contributed by atoms with Crippen LogP contribution in [0.15, 0.2) is 72.8 Å². The smallest absolute Gasteiger partial charge is 0.321 e. The van der Waals surface area contributed by atoms with Gasteiger partial charge in [0.05, 0.1) is 5.92 Å². The first-order valence-electron chi connectivity index (χ1n) is 10.4. The van der Waals surface area contributed by atoms with Gasteiger partial charge in [0.1, 0.15) is 0 Å². The van der Waals surface area contributed by atoms with Crippen LogP contribution >= 0.6 is 0 Å². The molecule has 0 saturated carbocycles. The minimum Gasteiger partial charge on any atom is -0.341 e. The first-order chi connectivity index (χ1) is 14.6. The number of carbonyl (C=O) groups is 2. The van der Waals surface area contributed by atoms with Crippen LogP contribution in [0.5, 0.6) is 0 Å². The molecule has 0 aromatic heterocycles. The molecule has 1 aliphatic heterocycles. The fraction of sp³-hybridized carbons (Fsp3) is 0.280. The third-order valence-corrected chi connectivity index (χ3v) is 5.69. The molecule has 4 rings (SSSR count). The number of para-hydroxylation sites is 1. The van der Waals surface area contributed by atoms with Gasteiger partial charge in [-0.05, 0) is 47.4 Å². The quantitative estimate of drug-likeness (QED) is 0.686. The molecular weight excluding hydrogens is 374 g/mol. The molecule has 1 aliphatic rings. The molecule has 3 aromatic carbocycles. The Kier molecular flexibility index (Phi) is 5.98. The molecule has 30 heavy (non-hydrogen) atoms. The van der Waals surface area contributed by atoms with Gasteiger partial charge in [0, 0.05) is 32.4 Å². The molecule has 0 aliphatic carbocycles. The first kappa shape index (κ1) is 20.0. The van der Waals surface area contributed by atoms with Crippen molar-refractivity contribution in [1.29, 1.82) is 0 Å². The van der Waals surface area contributed by atoms with Gasteiger partial charge in [-0.1, -0.05) is 54.6 Å². The van der Waals surface area contributed by atoms with E-state index in [0.717, 1.165) is 24.1 Å². The van der Waals surface area contributed by atoms with Crippen molar-refractivity contribution in [1.82, 2.24) is 9.80 Å². The average Bonchev–Trinajstić information content (AvgIpc) is 2.79. The minimum absolute atomic E-state index is 0.0976. The number of anilines is 1. The second-order valence-electron chi connectivity index (χ2n) is 7.96. The van der Waals surface area contributed by atoms with Gasteiger partial charge < -0.3 is 15.1 Å². The van der Waals surface area contributed by atoms with Gasteiger partial charge in [-0.3, -0.25) is 4.79 Å². The van der Waals surface area contributed by atoms with E-state index in [4.69, 9.17) is 0 Å². The molecule has 1 heterocycles. The number of nitrogens with one attached hydrogen (secondary N) is 1. The number of carbonyl (C=O) groups excluding carboxylic acids is 2. The van der Waals surface area contributed by atoms with Gasteiger partial charge in [0.25, 0.3) is 0 Å². The third kappa shape index (κ3) is 4.62. The zero-order valence-electron chi connectivity index (χ0n) is 17.3. The summed E-state index contributed by atoms with van der Waals surface area (Å²) < 4.78 is 0. The Labute approximate surface area is 177 Å². The highest BCUT2D eigenvalue weighted by Gasteiger charge is 2.30. The summed E-state index contributed by atoms with van der Waals surface area (Å²) in [4.78, 5) is 29.2. The van der Waals surface area contributed by atoms with E-state index >= 15 is 0 Å². The number of hydrogen-bond donors (Lipinski definition) is 1. The van der Waals surface area contributed by atoms with Crippen LogP contribution in [-0.2, 0) is 11.3 Å². The lowest BCUT2D eigenvalue weighted by molar-refractivity contribution is -0.136. The highest BCUT2D eigenvalue weighted by molar-refractivity contribution is 5.90. The maximum absolute atomic E-state index is 13.1. The summed E-state index contributed by atoms with van der Waals surface area (Å²) in [6, 6.07) is 23.8. The van der Waals surface area contributed by atoms with Crippen LogP contribution < -0.4 is 5.32 Å². The highest BCUT2D eigenvalue weighted by atomic mass is 16.2. The fourth-order valence-corrected chi connectivity index (χ4v) is 4.09. The Bertz CT molecular complexity index is 1030. The molecule has 0 radical (unpaired) electrons. The molecule has 1 atom stereocenters. The van der Waals surface area contributed by atoms with E-state index in [0.29, 0.717) is 19.6 Å². The Morgan fingerprint density at radius 3 is 2.53 bits per heavy atom. The van der Waals surface area contributed by atoms with Gasteiger partial charge >= 0.3 is 6.03 Å². The summed E-state index contributed by atoms with van der Waals surface area (Å²) in [5.41, 5.74) is 1.88. The zero-order chi connectivity index (χ0) is 20.9. The number of hydrogen-bond acceptors (Lipinski definition) is 2. The molecule has 0 bridgehead atoms. The number of urea groups is 1. The number of benzene rings is 3. The van der Waals surface area contributed by atoms with Crippen LogP contribution in [0.4, 0.5) is 10.5 Å². The van der Waals surface area contributed by atoms with Crippen LogP contribution in [0.2, 0.25) is 0 Å². The normalized spacial score (nSPS) is 16.3. The molecule has 5 nitrogen and oxygen atoms in total. The second-order valence-corrected chi connectivity index (χ2v) is 7.96. The molecule has 1 saturated heterocycles. The van der Waals surface area contributed by atoms with Gasteiger partial charge in [-0.2, -0.15) is 0 Å². The molecule has 5 heteroatoms. The van der Waals surface area contributed by atoms with Crippen LogP contribution in [-0.4, -0.2) is 41.9 Å². The van der Waals surface area contributed by atoms with Gasteiger partial charge in [0.2, 0.25) is 5.91 Å². The Morgan fingerprint density at radius 1 is 1.00 bits per heavy atom. The summed E-state index contributed by atoms with van der Waals surface area (Å²) in [6.45, 7) is 1.70. The molecule has 0 spiro atoms. The predicted molar refractivity (Wildman–Crippen MR) is 120 cm³/mol. The van der Waals surface area contributed by atoms with E-state index in [2.05, 4.69) is 35.6 Å². The second kappa shape index (κ2) is 8.99. The van der Waals surface area contributed by atoms with Gasteiger partial charge in [0.15, 0.2) is 0 Å². The van der Waals surface area contributed by atoms with Gasteiger partial charge in [-0.15, -0.1) is 0 Å². The Hall–Kier alpha value is -3.34. The Balaban J connectivity index is 1.37.